The van der Waals surface area contributed by atoms with Crippen LogP contribution in [0.2, 0.25) is 0 Å². The van der Waals surface area contributed by atoms with Gasteiger partial charge in [0, 0.05) is 19.4 Å². The van der Waals surface area contributed by atoms with Gasteiger partial charge in [0.1, 0.15) is 6.04 Å². The van der Waals surface area contributed by atoms with Gasteiger partial charge in [-0.15, -0.1) is 0 Å². The molecule has 1 heterocycles. The maximum Gasteiger partial charge on any atom is 0.206 e. The SMILES string of the molecule is CN1C=C(C[C@@H](C(O)O)[NH+](C)[O-])C2CCC=CC21. The van der Waals surface area contributed by atoms with Crippen molar-refractivity contribution in [2.24, 2.45) is 5.92 Å². The topological polar surface area (TPSA) is 71.2 Å². The van der Waals surface area contributed by atoms with Crippen molar-refractivity contribution in [1.82, 2.24) is 4.90 Å². The summed E-state index contributed by atoms with van der Waals surface area (Å²) in [4.78, 5) is 2.15. The second kappa shape index (κ2) is 5.40. The van der Waals surface area contributed by atoms with E-state index in [9.17, 15) is 15.4 Å². The van der Waals surface area contributed by atoms with Gasteiger partial charge in [-0.3, -0.25) is 0 Å². The summed E-state index contributed by atoms with van der Waals surface area (Å²) in [5.74, 6) is 0.417. The third-order valence-electron chi connectivity index (χ3n) is 4.04. The Hall–Kier alpha value is -0.880. The van der Waals surface area contributed by atoms with Gasteiger partial charge in [0.2, 0.25) is 6.29 Å². The van der Waals surface area contributed by atoms with Gasteiger partial charge in [0.05, 0.1) is 13.1 Å². The second-order valence-corrected chi connectivity index (χ2v) is 5.31. The highest BCUT2D eigenvalue weighted by atomic mass is 16.5. The van der Waals surface area contributed by atoms with Gasteiger partial charge in [-0.25, -0.2) is 0 Å². The molecule has 0 fully saturated rings. The van der Waals surface area contributed by atoms with Crippen LogP contribution < -0.4 is 5.06 Å². The van der Waals surface area contributed by atoms with Crippen LogP contribution in [-0.2, 0) is 0 Å². The third-order valence-corrected chi connectivity index (χ3v) is 4.04. The summed E-state index contributed by atoms with van der Waals surface area (Å²) in [7, 11) is 3.44. The van der Waals surface area contributed by atoms with Crippen LogP contribution in [0.25, 0.3) is 0 Å². The minimum absolute atomic E-state index is 0.164. The highest BCUT2D eigenvalue weighted by Crippen LogP contribution is 2.36. The molecule has 2 rings (SSSR count). The molecule has 0 saturated heterocycles. The second-order valence-electron chi connectivity index (χ2n) is 5.31. The molecular weight excluding hydrogens is 232 g/mol. The number of likely N-dealkylation sites (N-methyl/N-ethyl adjacent to an activating group) is 2. The average Bonchev–Trinajstić information content (AvgIpc) is 2.63. The minimum Gasteiger partial charge on any atom is -0.634 e. The van der Waals surface area contributed by atoms with Crippen LogP contribution in [0.3, 0.4) is 0 Å². The number of rotatable bonds is 4. The average molecular weight is 254 g/mol. The fraction of sp³-hybridized carbons (Fsp3) is 0.692. The molecule has 5 heteroatoms. The van der Waals surface area contributed by atoms with Crippen LogP contribution in [0.4, 0.5) is 0 Å². The van der Waals surface area contributed by atoms with Crippen molar-refractivity contribution >= 4 is 0 Å². The van der Waals surface area contributed by atoms with Crippen LogP contribution >= 0.6 is 0 Å². The molecular formula is C13H22N2O3. The highest BCUT2D eigenvalue weighted by Gasteiger charge is 2.35. The van der Waals surface area contributed by atoms with E-state index in [-0.39, 0.29) is 5.06 Å². The van der Waals surface area contributed by atoms with E-state index in [0.717, 1.165) is 12.8 Å². The lowest BCUT2D eigenvalue weighted by atomic mass is 9.83. The molecule has 5 nitrogen and oxygen atoms in total. The summed E-state index contributed by atoms with van der Waals surface area (Å²) >= 11 is 0. The molecule has 18 heavy (non-hydrogen) atoms. The van der Waals surface area contributed by atoms with Crippen molar-refractivity contribution in [3.05, 3.63) is 29.1 Å². The van der Waals surface area contributed by atoms with E-state index in [0.29, 0.717) is 18.4 Å². The first-order valence-electron chi connectivity index (χ1n) is 6.46. The Morgan fingerprint density at radius 1 is 1.56 bits per heavy atom. The summed E-state index contributed by atoms with van der Waals surface area (Å²) < 4.78 is 0. The first kappa shape index (κ1) is 13.5. The van der Waals surface area contributed by atoms with Crippen molar-refractivity contribution in [3.63, 3.8) is 0 Å². The number of hydrogen-bond donors (Lipinski definition) is 3. The first-order chi connectivity index (χ1) is 8.50. The van der Waals surface area contributed by atoms with Crippen molar-refractivity contribution in [2.45, 2.75) is 37.6 Å². The van der Waals surface area contributed by atoms with Crippen LogP contribution in [0.15, 0.2) is 23.9 Å². The van der Waals surface area contributed by atoms with Gasteiger partial charge in [-0.2, -0.15) is 0 Å². The van der Waals surface area contributed by atoms with E-state index in [1.807, 2.05) is 7.05 Å². The number of nitrogens with zero attached hydrogens (tertiary/aromatic N) is 1. The molecule has 0 bridgehead atoms. The summed E-state index contributed by atoms with van der Waals surface area (Å²) in [5.41, 5.74) is 1.17. The van der Waals surface area contributed by atoms with Gasteiger partial charge in [-0.05, 0) is 24.6 Å². The lowest BCUT2D eigenvalue weighted by molar-refractivity contribution is -0.862. The molecule has 102 valence electrons. The molecule has 1 aliphatic carbocycles. The fourth-order valence-electron chi connectivity index (χ4n) is 3.00. The van der Waals surface area contributed by atoms with Crippen molar-refractivity contribution in [3.8, 4) is 0 Å². The van der Waals surface area contributed by atoms with Gasteiger partial charge in [0.15, 0.2) is 0 Å². The van der Waals surface area contributed by atoms with E-state index < -0.39 is 12.3 Å². The zero-order chi connectivity index (χ0) is 13.3. The number of quaternary nitrogens is 1. The Morgan fingerprint density at radius 2 is 2.28 bits per heavy atom. The molecule has 0 radical (unpaired) electrons. The molecule has 0 amide bonds. The standard InChI is InChI=1S/C13H22N2O3/c1-14-8-9(7-12(13(16)17)15(2)18)10-5-3-4-6-11(10)14/h4,6,8,10-13,15-17H,3,5,7H2,1-2H3/t10?,11?,12-/m0/s1. The van der Waals surface area contributed by atoms with E-state index in [2.05, 4.69) is 23.3 Å². The van der Waals surface area contributed by atoms with Crippen molar-refractivity contribution in [1.29, 1.82) is 0 Å². The summed E-state index contributed by atoms with van der Waals surface area (Å²) in [6, 6.07) is -0.327. The Morgan fingerprint density at radius 3 is 2.89 bits per heavy atom. The zero-order valence-electron chi connectivity index (χ0n) is 10.9. The maximum absolute atomic E-state index is 11.4. The smallest absolute Gasteiger partial charge is 0.206 e. The van der Waals surface area contributed by atoms with Crippen molar-refractivity contribution < 1.29 is 15.3 Å². The minimum atomic E-state index is -1.56. The molecule has 0 saturated carbocycles. The predicted molar refractivity (Wildman–Crippen MR) is 68.4 cm³/mol. The normalized spacial score (nSPS) is 30.3. The lowest BCUT2D eigenvalue weighted by Gasteiger charge is -2.32. The van der Waals surface area contributed by atoms with Gasteiger partial charge in [-0.1, -0.05) is 12.2 Å². The van der Waals surface area contributed by atoms with E-state index in [1.165, 1.54) is 12.6 Å². The van der Waals surface area contributed by atoms with Crippen LogP contribution in [-0.4, -0.2) is 47.6 Å². The molecule has 0 spiro atoms. The Kier molecular flexibility index (Phi) is 4.07. The number of allylic oxidation sites excluding steroid dienone is 1. The number of nitrogens with one attached hydrogen (secondary N) is 1. The molecule has 0 aromatic carbocycles. The molecule has 0 aromatic heterocycles. The monoisotopic (exact) mass is 254 g/mol. The number of aliphatic hydroxyl groups is 2. The molecule has 4 atom stereocenters. The van der Waals surface area contributed by atoms with E-state index in [1.54, 1.807) is 0 Å². The molecule has 2 aliphatic rings. The number of hydroxylamine groups is 2. The number of aliphatic hydroxyl groups excluding tert-OH is 1. The number of hydrogen-bond acceptors (Lipinski definition) is 4. The highest BCUT2D eigenvalue weighted by molar-refractivity contribution is 5.24. The Labute approximate surface area is 108 Å². The van der Waals surface area contributed by atoms with Crippen LogP contribution in [0.1, 0.15) is 19.3 Å². The van der Waals surface area contributed by atoms with E-state index in [4.69, 9.17) is 0 Å². The largest absolute Gasteiger partial charge is 0.634 e. The lowest BCUT2D eigenvalue weighted by Crippen LogP contribution is -3.09. The predicted octanol–water partition coefficient (Wildman–Crippen LogP) is -0.768. The first-order valence-corrected chi connectivity index (χ1v) is 6.46. The third kappa shape index (κ3) is 2.59. The Bertz CT molecular complexity index is 344. The summed E-state index contributed by atoms with van der Waals surface area (Å²) in [5, 5.41) is 29.8. The Balaban J connectivity index is 2.09. The van der Waals surface area contributed by atoms with Gasteiger partial charge >= 0.3 is 0 Å². The maximum atomic E-state index is 11.4. The van der Waals surface area contributed by atoms with Crippen molar-refractivity contribution in [2.75, 3.05) is 14.1 Å². The molecule has 1 aliphatic heterocycles. The molecule has 3 N–H and O–H groups in total. The van der Waals surface area contributed by atoms with Gasteiger partial charge in [0.25, 0.3) is 0 Å². The quantitative estimate of drug-likeness (QED) is 0.350. The fourth-order valence-corrected chi connectivity index (χ4v) is 3.00. The van der Waals surface area contributed by atoms with Crippen LogP contribution in [0, 0.1) is 11.1 Å². The zero-order valence-corrected chi connectivity index (χ0v) is 10.9. The summed E-state index contributed by atoms with van der Waals surface area (Å²) in [6.45, 7) is 0. The molecule has 3 unspecified atom stereocenters. The van der Waals surface area contributed by atoms with Gasteiger partial charge < -0.3 is 25.4 Å². The van der Waals surface area contributed by atoms with E-state index >= 15 is 0 Å². The number of fused-ring (bicyclic) bond motifs is 1. The van der Waals surface area contributed by atoms with Crippen LogP contribution in [0.5, 0.6) is 0 Å². The molecule has 0 aromatic rings. The summed E-state index contributed by atoms with van der Waals surface area (Å²) in [6.07, 6.45) is 7.47.